The molecule has 1 fully saturated rings. The van der Waals surface area contributed by atoms with Gasteiger partial charge in [-0.2, -0.15) is 0 Å². The van der Waals surface area contributed by atoms with Crippen LogP contribution in [-0.2, 0) is 6.42 Å². The van der Waals surface area contributed by atoms with E-state index >= 15 is 0 Å². The number of benzene rings is 1. The van der Waals surface area contributed by atoms with Gasteiger partial charge >= 0.3 is 0 Å². The van der Waals surface area contributed by atoms with E-state index in [2.05, 4.69) is 19.2 Å². The van der Waals surface area contributed by atoms with Crippen LogP contribution in [0.1, 0.15) is 38.7 Å². The number of nitrogens with one attached hydrogen (secondary N) is 1. The van der Waals surface area contributed by atoms with Gasteiger partial charge in [-0.05, 0) is 61.4 Å². The molecule has 0 amide bonds. The van der Waals surface area contributed by atoms with Crippen LogP contribution in [0.3, 0.4) is 0 Å². The van der Waals surface area contributed by atoms with Crippen LogP contribution in [0.2, 0.25) is 10.0 Å². The number of halogens is 2. The van der Waals surface area contributed by atoms with Gasteiger partial charge in [0, 0.05) is 16.1 Å². The molecule has 1 N–H and O–H groups in total. The first-order chi connectivity index (χ1) is 8.55. The van der Waals surface area contributed by atoms with Gasteiger partial charge in [0.05, 0.1) is 0 Å². The Morgan fingerprint density at radius 2 is 2.06 bits per heavy atom. The normalized spacial score (nSPS) is 18.7. The monoisotopic (exact) mass is 285 g/mol. The highest BCUT2D eigenvalue weighted by atomic mass is 35.5. The van der Waals surface area contributed by atoms with Crippen LogP contribution in [0.15, 0.2) is 18.2 Å². The van der Waals surface area contributed by atoms with Crippen LogP contribution in [0.4, 0.5) is 0 Å². The summed E-state index contributed by atoms with van der Waals surface area (Å²) < 4.78 is 0. The van der Waals surface area contributed by atoms with Crippen LogP contribution in [0, 0.1) is 5.41 Å². The van der Waals surface area contributed by atoms with Crippen molar-refractivity contribution in [2.75, 3.05) is 6.54 Å². The Labute approximate surface area is 120 Å². The molecule has 1 unspecified atom stereocenters. The lowest BCUT2D eigenvalue weighted by Crippen LogP contribution is -2.38. The smallest absolute Gasteiger partial charge is 0.0439 e. The topological polar surface area (TPSA) is 12.0 Å². The maximum absolute atomic E-state index is 6.26. The van der Waals surface area contributed by atoms with Crippen LogP contribution in [0.25, 0.3) is 0 Å². The van der Waals surface area contributed by atoms with Gasteiger partial charge in [0.25, 0.3) is 0 Å². The minimum absolute atomic E-state index is 0.445. The van der Waals surface area contributed by atoms with Crippen molar-refractivity contribution in [1.29, 1.82) is 0 Å². The van der Waals surface area contributed by atoms with E-state index in [0.29, 0.717) is 11.5 Å². The lowest BCUT2D eigenvalue weighted by molar-refractivity contribution is 0.354. The van der Waals surface area contributed by atoms with Crippen LogP contribution in [0.5, 0.6) is 0 Å². The minimum Gasteiger partial charge on any atom is -0.313 e. The summed E-state index contributed by atoms with van der Waals surface area (Å²) in [7, 11) is 0. The molecular weight excluding hydrogens is 265 g/mol. The van der Waals surface area contributed by atoms with Crippen molar-refractivity contribution in [2.24, 2.45) is 5.41 Å². The predicted octanol–water partition coefficient (Wildman–Crippen LogP) is 4.70. The quantitative estimate of drug-likeness (QED) is 0.799. The first-order valence-electron chi connectivity index (χ1n) is 6.72. The molecule has 0 radical (unpaired) electrons. The Hall–Kier alpha value is -0.240. The highest BCUT2D eigenvalue weighted by Crippen LogP contribution is 2.49. The Morgan fingerprint density at radius 1 is 1.33 bits per heavy atom. The summed E-state index contributed by atoms with van der Waals surface area (Å²) in [6.07, 6.45) is 4.75. The van der Waals surface area contributed by atoms with Crippen molar-refractivity contribution in [3.63, 3.8) is 0 Å². The molecule has 1 nitrogen and oxygen atoms in total. The van der Waals surface area contributed by atoms with E-state index in [1.54, 1.807) is 0 Å². The molecule has 0 aliphatic heterocycles. The zero-order valence-electron chi connectivity index (χ0n) is 11.1. The van der Waals surface area contributed by atoms with E-state index in [1.807, 2.05) is 18.2 Å². The van der Waals surface area contributed by atoms with E-state index in [9.17, 15) is 0 Å². The fourth-order valence-electron chi connectivity index (χ4n) is 2.35. The lowest BCUT2D eigenvalue weighted by atomic mass is 9.92. The third-order valence-corrected chi connectivity index (χ3v) is 4.56. The highest BCUT2D eigenvalue weighted by molar-refractivity contribution is 6.33. The van der Waals surface area contributed by atoms with Crippen molar-refractivity contribution in [3.05, 3.63) is 33.8 Å². The molecule has 0 saturated heterocycles. The van der Waals surface area contributed by atoms with Crippen LogP contribution >= 0.6 is 23.2 Å². The minimum atomic E-state index is 0.445. The molecule has 1 aromatic carbocycles. The third-order valence-electron chi connectivity index (χ3n) is 3.95. The van der Waals surface area contributed by atoms with Gasteiger partial charge in [-0.3, -0.25) is 0 Å². The fourth-order valence-corrected chi connectivity index (χ4v) is 2.74. The number of rotatable bonds is 6. The van der Waals surface area contributed by atoms with Crippen molar-refractivity contribution in [1.82, 2.24) is 5.32 Å². The van der Waals surface area contributed by atoms with Gasteiger partial charge in [0.1, 0.15) is 0 Å². The van der Waals surface area contributed by atoms with Crippen LogP contribution in [-0.4, -0.2) is 12.6 Å². The summed E-state index contributed by atoms with van der Waals surface area (Å²) in [5.74, 6) is 0. The molecule has 1 atom stereocenters. The summed E-state index contributed by atoms with van der Waals surface area (Å²) in [6, 6.07) is 6.25. The Bertz CT molecular complexity index is 413. The van der Waals surface area contributed by atoms with Gasteiger partial charge < -0.3 is 5.32 Å². The molecule has 0 heterocycles. The lowest BCUT2D eigenvalue weighted by Gasteiger charge is -2.25. The van der Waals surface area contributed by atoms with E-state index in [0.717, 1.165) is 35.0 Å². The van der Waals surface area contributed by atoms with Gasteiger partial charge in [-0.15, -0.1) is 0 Å². The molecule has 0 bridgehead atoms. The molecule has 2 rings (SSSR count). The predicted molar refractivity (Wildman–Crippen MR) is 79.6 cm³/mol. The molecule has 0 aromatic heterocycles. The molecule has 0 spiro atoms. The number of hydrogen-bond donors (Lipinski definition) is 1. The average Bonchev–Trinajstić information content (AvgIpc) is 3.08. The highest BCUT2D eigenvalue weighted by Gasteiger charge is 2.44. The van der Waals surface area contributed by atoms with E-state index < -0.39 is 0 Å². The molecular formula is C15H21Cl2N. The molecule has 3 heteroatoms. The molecule has 1 aliphatic carbocycles. The summed E-state index contributed by atoms with van der Waals surface area (Å²) in [5.41, 5.74) is 1.60. The molecule has 100 valence electrons. The maximum atomic E-state index is 6.26. The summed E-state index contributed by atoms with van der Waals surface area (Å²) in [4.78, 5) is 0. The van der Waals surface area contributed by atoms with Gasteiger partial charge in [-0.1, -0.05) is 37.0 Å². The van der Waals surface area contributed by atoms with E-state index in [4.69, 9.17) is 23.2 Å². The first kappa shape index (κ1) is 14.2. The maximum Gasteiger partial charge on any atom is 0.0439 e. The summed E-state index contributed by atoms with van der Waals surface area (Å²) >= 11 is 12.3. The fraction of sp³-hybridized carbons (Fsp3) is 0.600. The van der Waals surface area contributed by atoms with Crippen molar-refractivity contribution < 1.29 is 0 Å². The van der Waals surface area contributed by atoms with Crippen molar-refractivity contribution in [2.45, 2.75) is 45.6 Å². The largest absolute Gasteiger partial charge is 0.313 e. The molecule has 1 aromatic rings. The second-order valence-electron chi connectivity index (χ2n) is 5.60. The second-order valence-corrected chi connectivity index (χ2v) is 6.44. The van der Waals surface area contributed by atoms with E-state index in [1.165, 1.54) is 12.8 Å². The van der Waals surface area contributed by atoms with Gasteiger partial charge in [0.15, 0.2) is 0 Å². The second kappa shape index (κ2) is 5.81. The number of hydrogen-bond acceptors (Lipinski definition) is 1. The van der Waals surface area contributed by atoms with Gasteiger partial charge in [0.2, 0.25) is 0 Å². The standard InChI is InChI=1S/C15H21Cl2N/c1-3-8-18-14(15(2)6-7-15)10-11-9-12(16)4-5-13(11)17/h4-5,9,14,18H,3,6-8,10H2,1-2H3. The Balaban J connectivity index is 2.10. The third kappa shape index (κ3) is 3.40. The summed E-state index contributed by atoms with van der Waals surface area (Å²) in [6.45, 7) is 5.63. The van der Waals surface area contributed by atoms with Crippen LogP contribution < -0.4 is 5.32 Å². The van der Waals surface area contributed by atoms with E-state index in [-0.39, 0.29) is 0 Å². The van der Waals surface area contributed by atoms with Crippen molar-refractivity contribution in [3.8, 4) is 0 Å². The Morgan fingerprint density at radius 3 is 2.67 bits per heavy atom. The molecule has 1 aliphatic rings. The zero-order chi connectivity index (χ0) is 13.2. The molecule has 1 saturated carbocycles. The summed E-state index contributed by atoms with van der Waals surface area (Å²) in [5, 5.41) is 5.26. The Kier molecular flexibility index (Phi) is 4.58. The SMILES string of the molecule is CCCNC(Cc1cc(Cl)ccc1Cl)C1(C)CC1. The zero-order valence-corrected chi connectivity index (χ0v) is 12.6. The van der Waals surface area contributed by atoms with Gasteiger partial charge in [-0.25, -0.2) is 0 Å². The average molecular weight is 286 g/mol. The molecule has 18 heavy (non-hydrogen) atoms. The first-order valence-corrected chi connectivity index (χ1v) is 7.48. The van der Waals surface area contributed by atoms with Crippen molar-refractivity contribution >= 4 is 23.2 Å².